The largest absolute Gasteiger partial charge is 0.382 e. The van der Waals surface area contributed by atoms with Crippen LogP contribution in [0.2, 0.25) is 0 Å². The highest BCUT2D eigenvalue weighted by atomic mass is 16.5. The molecule has 1 rings (SSSR count). The third-order valence-corrected chi connectivity index (χ3v) is 3.04. The van der Waals surface area contributed by atoms with E-state index < -0.39 is 0 Å². The summed E-state index contributed by atoms with van der Waals surface area (Å²) in [5.74, 6) is 0. The van der Waals surface area contributed by atoms with Crippen LogP contribution in [0.5, 0.6) is 0 Å². The minimum atomic E-state index is 0.257. The van der Waals surface area contributed by atoms with Crippen molar-refractivity contribution >= 4 is 0 Å². The highest BCUT2D eigenvalue weighted by Gasteiger charge is 2.07. The summed E-state index contributed by atoms with van der Waals surface area (Å²) in [7, 11) is 3.71. The molecule has 92 valence electrons. The minimum absolute atomic E-state index is 0.257. The first kappa shape index (κ1) is 13.2. The van der Waals surface area contributed by atoms with Crippen molar-refractivity contribution in [3.8, 4) is 0 Å². The second-order valence-electron chi connectivity index (χ2n) is 4.37. The maximum absolute atomic E-state index is 6.06. The molecule has 16 heavy (non-hydrogen) atoms. The number of aromatic nitrogens is 2. The first-order chi connectivity index (χ1) is 7.63. The van der Waals surface area contributed by atoms with Crippen LogP contribution in [0.3, 0.4) is 0 Å². The third kappa shape index (κ3) is 4.33. The Morgan fingerprint density at radius 2 is 2.19 bits per heavy atom. The van der Waals surface area contributed by atoms with Gasteiger partial charge in [-0.25, -0.2) is 0 Å². The van der Waals surface area contributed by atoms with Crippen molar-refractivity contribution in [2.75, 3.05) is 7.11 Å². The van der Waals surface area contributed by atoms with Crippen LogP contribution in [-0.4, -0.2) is 29.0 Å². The molecule has 0 aliphatic carbocycles. The van der Waals surface area contributed by atoms with Crippen LogP contribution < -0.4 is 5.73 Å². The van der Waals surface area contributed by atoms with E-state index >= 15 is 0 Å². The summed E-state index contributed by atoms with van der Waals surface area (Å²) in [6.45, 7) is 2.08. The molecule has 1 aromatic heterocycles. The van der Waals surface area contributed by atoms with Crippen LogP contribution in [0.25, 0.3) is 0 Å². The van der Waals surface area contributed by atoms with Gasteiger partial charge in [-0.3, -0.25) is 4.68 Å². The Morgan fingerprint density at radius 1 is 1.44 bits per heavy atom. The van der Waals surface area contributed by atoms with Gasteiger partial charge >= 0.3 is 0 Å². The van der Waals surface area contributed by atoms with Crippen LogP contribution in [-0.2, 0) is 18.2 Å². The highest BCUT2D eigenvalue weighted by Crippen LogP contribution is 2.08. The standard InChI is InChI=1S/C12H23N3O/c1-10(16-3)4-5-11(13)6-7-12-8-9-14-15(12)2/h8-11H,4-7,13H2,1-3H3. The van der Waals surface area contributed by atoms with Crippen LogP contribution in [0.15, 0.2) is 12.3 Å². The van der Waals surface area contributed by atoms with E-state index in [9.17, 15) is 0 Å². The number of rotatable bonds is 7. The van der Waals surface area contributed by atoms with Gasteiger partial charge in [0.15, 0.2) is 0 Å². The van der Waals surface area contributed by atoms with E-state index in [0.29, 0.717) is 6.10 Å². The van der Waals surface area contributed by atoms with Crippen molar-refractivity contribution < 1.29 is 4.74 Å². The molecule has 0 bridgehead atoms. The number of hydrogen-bond donors (Lipinski definition) is 1. The number of aryl methyl sites for hydroxylation is 2. The molecule has 0 saturated carbocycles. The normalized spacial score (nSPS) is 15.0. The molecule has 1 aromatic rings. The summed E-state index contributed by atoms with van der Waals surface area (Å²) in [4.78, 5) is 0. The summed E-state index contributed by atoms with van der Waals surface area (Å²) in [5.41, 5.74) is 7.30. The molecule has 1 heterocycles. The second-order valence-corrected chi connectivity index (χ2v) is 4.37. The van der Waals surface area contributed by atoms with Gasteiger partial charge in [-0.05, 0) is 38.7 Å². The van der Waals surface area contributed by atoms with Crippen LogP contribution in [0.4, 0.5) is 0 Å². The van der Waals surface area contributed by atoms with E-state index in [-0.39, 0.29) is 6.04 Å². The Kier molecular flexibility index (Phi) is 5.49. The average molecular weight is 225 g/mol. The van der Waals surface area contributed by atoms with Crippen LogP contribution in [0.1, 0.15) is 31.9 Å². The fourth-order valence-corrected chi connectivity index (χ4v) is 1.69. The number of ether oxygens (including phenoxy) is 1. The van der Waals surface area contributed by atoms with Crippen molar-refractivity contribution in [3.63, 3.8) is 0 Å². The second kappa shape index (κ2) is 6.66. The van der Waals surface area contributed by atoms with E-state index in [1.165, 1.54) is 5.69 Å². The van der Waals surface area contributed by atoms with Gasteiger partial charge in [-0.2, -0.15) is 5.10 Å². The Labute approximate surface area is 97.8 Å². The first-order valence-corrected chi connectivity index (χ1v) is 5.88. The average Bonchev–Trinajstić information content (AvgIpc) is 2.69. The quantitative estimate of drug-likeness (QED) is 0.765. The van der Waals surface area contributed by atoms with Crippen molar-refractivity contribution in [2.24, 2.45) is 12.8 Å². The van der Waals surface area contributed by atoms with Crippen molar-refractivity contribution in [1.82, 2.24) is 9.78 Å². The molecule has 2 unspecified atom stereocenters. The van der Waals surface area contributed by atoms with Gasteiger partial charge in [-0.15, -0.1) is 0 Å². The number of nitrogens with two attached hydrogens (primary N) is 1. The Balaban J connectivity index is 2.20. The molecule has 0 aromatic carbocycles. The molecule has 0 aliphatic heterocycles. The molecule has 4 heteroatoms. The van der Waals surface area contributed by atoms with Crippen molar-refractivity contribution in [2.45, 2.75) is 44.8 Å². The lowest BCUT2D eigenvalue weighted by Crippen LogP contribution is -2.23. The minimum Gasteiger partial charge on any atom is -0.382 e. The number of methoxy groups -OCH3 is 1. The van der Waals surface area contributed by atoms with E-state index in [2.05, 4.69) is 12.0 Å². The molecular formula is C12H23N3O. The van der Waals surface area contributed by atoms with Gasteiger partial charge < -0.3 is 10.5 Å². The van der Waals surface area contributed by atoms with Gasteiger partial charge in [0, 0.05) is 32.1 Å². The predicted molar refractivity (Wildman–Crippen MR) is 65.2 cm³/mol. The molecule has 0 spiro atoms. The van der Waals surface area contributed by atoms with E-state index in [0.717, 1.165) is 25.7 Å². The Morgan fingerprint density at radius 3 is 2.75 bits per heavy atom. The zero-order valence-corrected chi connectivity index (χ0v) is 10.5. The lowest BCUT2D eigenvalue weighted by molar-refractivity contribution is 0.107. The summed E-state index contributed by atoms with van der Waals surface area (Å²) in [5, 5.41) is 4.14. The SMILES string of the molecule is COC(C)CCC(N)CCc1ccnn1C. The molecule has 0 saturated heterocycles. The monoisotopic (exact) mass is 225 g/mol. The summed E-state index contributed by atoms with van der Waals surface area (Å²) < 4.78 is 7.11. The first-order valence-electron chi connectivity index (χ1n) is 5.88. The van der Waals surface area contributed by atoms with Crippen molar-refractivity contribution in [1.29, 1.82) is 0 Å². The Hall–Kier alpha value is -0.870. The van der Waals surface area contributed by atoms with E-state index in [1.807, 2.05) is 24.0 Å². The van der Waals surface area contributed by atoms with Gasteiger partial charge in [0.05, 0.1) is 6.10 Å². The lowest BCUT2D eigenvalue weighted by Gasteiger charge is -2.14. The van der Waals surface area contributed by atoms with Crippen LogP contribution >= 0.6 is 0 Å². The number of nitrogens with zero attached hydrogens (tertiary/aromatic N) is 2. The van der Waals surface area contributed by atoms with Gasteiger partial charge in [0.25, 0.3) is 0 Å². The summed E-state index contributed by atoms with van der Waals surface area (Å²) in [6, 6.07) is 2.30. The van der Waals surface area contributed by atoms with Gasteiger partial charge in [0.2, 0.25) is 0 Å². The van der Waals surface area contributed by atoms with Gasteiger partial charge in [-0.1, -0.05) is 0 Å². The maximum atomic E-state index is 6.06. The third-order valence-electron chi connectivity index (χ3n) is 3.04. The molecule has 0 radical (unpaired) electrons. The van der Waals surface area contributed by atoms with Crippen LogP contribution in [0, 0.1) is 0 Å². The molecule has 0 amide bonds. The fourth-order valence-electron chi connectivity index (χ4n) is 1.69. The van der Waals surface area contributed by atoms with Gasteiger partial charge in [0.1, 0.15) is 0 Å². The molecule has 2 atom stereocenters. The molecular weight excluding hydrogens is 202 g/mol. The van der Waals surface area contributed by atoms with E-state index in [1.54, 1.807) is 7.11 Å². The lowest BCUT2D eigenvalue weighted by atomic mass is 10.0. The molecule has 0 fully saturated rings. The van der Waals surface area contributed by atoms with Crippen molar-refractivity contribution in [3.05, 3.63) is 18.0 Å². The fraction of sp³-hybridized carbons (Fsp3) is 0.750. The summed E-state index contributed by atoms with van der Waals surface area (Å²) in [6.07, 6.45) is 6.20. The zero-order valence-electron chi connectivity index (χ0n) is 10.5. The number of hydrogen-bond acceptors (Lipinski definition) is 3. The molecule has 2 N–H and O–H groups in total. The Bertz CT molecular complexity index is 298. The topological polar surface area (TPSA) is 53.1 Å². The maximum Gasteiger partial charge on any atom is 0.0543 e. The molecule has 0 aliphatic rings. The predicted octanol–water partition coefficient (Wildman–Crippen LogP) is 1.50. The highest BCUT2D eigenvalue weighted by molar-refractivity contribution is 5.00. The molecule has 4 nitrogen and oxygen atoms in total. The summed E-state index contributed by atoms with van der Waals surface area (Å²) >= 11 is 0. The zero-order chi connectivity index (χ0) is 12.0. The smallest absolute Gasteiger partial charge is 0.0543 e. The van der Waals surface area contributed by atoms with E-state index in [4.69, 9.17) is 10.5 Å².